The molecule has 0 radical (unpaired) electrons. The Kier molecular flexibility index (Phi) is 10.9. The van der Waals surface area contributed by atoms with Gasteiger partial charge in [0.15, 0.2) is 5.96 Å². The van der Waals surface area contributed by atoms with Crippen molar-refractivity contribution in [2.45, 2.75) is 46.1 Å². The quantitative estimate of drug-likeness (QED) is 0.247. The highest BCUT2D eigenvalue weighted by atomic mass is 127. The van der Waals surface area contributed by atoms with E-state index >= 15 is 0 Å². The van der Waals surface area contributed by atoms with Gasteiger partial charge in [0.05, 0.1) is 6.61 Å². The van der Waals surface area contributed by atoms with Crippen LogP contribution in [0.1, 0.15) is 43.7 Å². The lowest BCUT2D eigenvalue weighted by Crippen LogP contribution is -2.46. The maximum absolute atomic E-state index is 11.8. The van der Waals surface area contributed by atoms with Gasteiger partial charge in [-0.3, -0.25) is 19.5 Å². The zero-order valence-corrected chi connectivity index (χ0v) is 19.2. The molecule has 0 unspecified atom stereocenters. The Morgan fingerprint density at radius 3 is 2.57 bits per heavy atom. The lowest BCUT2D eigenvalue weighted by atomic mass is 10.1. The molecule has 0 spiro atoms. The van der Waals surface area contributed by atoms with Gasteiger partial charge < -0.3 is 15.4 Å². The second-order valence-electron chi connectivity index (χ2n) is 6.60. The van der Waals surface area contributed by atoms with Gasteiger partial charge in [-0.25, -0.2) is 0 Å². The third-order valence-electron chi connectivity index (χ3n) is 4.37. The molecule has 1 aromatic carbocycles. The number of halogens is 1. The van der Waals surface area contributed by atoms with Gasteiger partial charge in [0.1, 0.15) is 5.75 Å². The van der Waals surface area contributed by atoms with E-state index in [1.165, 1.54) is 4.90 Å². The molecule has 1 fully saturated rings. The van der Waals surface area contributed by atoms with Crippen molar-refractivity contribution in [2.24, 2.45) is 4.99 Å². The molecule has 2 rings (SSSR count). The van der Waals surface area contributed by atoms with Crippen molar-refractivity contribution in [2.75, 3.05) is 26.7 Å². The van der Waals surface area contributed by atoms with Crippen LogP contribution in [-0.4, -0.2) is 49.4 Å². The van der Waals surface area contributed by atoms with E-state index in [9.17, 15) is 9.59 Å². The highest BCUT2D eigenvalue weighted by molar-refractivity contribution is 14.0. The van der Waals surface area contributed by atoms with Crippen LogP contribution in [0.3, 0.4) is 0 Å². The van der Waals surface area contributed by atoms with Gasteiger partial charge in [-0.05, 0) is 31.4 Å². The number of rotatable bonds is 8. The van der Waals surface area contributed by atoms with Crippen LogP contribution in [0, 0.1) is 6.92 Å². The van der Waals surface area contributed by atoms with Crippen LogP contribution in [0.2, 0.25) is 0 Å². The molecule has 0 aliphatic carbocycles. The zero-order chi connectivity index (χ0) is 19.6. The third-order valence-corrected chi connectivity index (χ3v) is 4.37. The summed E-state index contributed by atoms with van der Waals surface area (Å²) in [7, 11) is 1.69. The molecule has 1 heterocycles. The second-order valence-corrected chi connectivity index (χ2v) is 6.60. The van der Waals surface area contributed by atoms with Crippen molar-refractivity contribution < 1.29 is 14.3 Å². The SMILES string of the molecule is CCCOc1cc(C)ccc1CNC(=NC)NCCN1C(=O)CCCC1=O.I. The number of benzene rings is 1. The number of hydrogen-bond acceptors (Lipinski definition) is 4. The summed E-state index contributed by atoms with van der Waals surface area (Å²) in [6.45, 7) is 6.19. The summed E-state index contributed by atoms with van der Waals surface area (Å²) in [4.78, 5) is 29.2. The number of carbonyl (C=O) groups is 2. The van der Waals surface area contributed by atoms with Gasteiger partial charge in [-0.1, -0.05) is 19.1 Å². The average molecular weight is 502 g/mol. The first-order chi connectivity index (χ1) is 13.0. The van der Waals surface area contributed by atoms with Crippen LogP contribution in [-0.2, 0) is 16.1 Å². The molecule has 1 aromatic rings. The van der Waals surface area contributed by atoms with Gasteiger partial charge in [-0.15, -0.1) is 24.0 Å². The fourth-order valence-electron chi connectivity index (χ4n) is 2.89. The molecule has 7 nitrogen and oxygen atoms in total. The highest BCUT2D eigenvalue weighted by Crippen LogP contribution is 2.20. The summed E-state index contributed by atoms with van der Waals surface area (Å²) in [5.41, 5.74) is 2.21. The van der Waals surface area contributed by atoms with Crippen LogP contribution in [0.4, 0.5) is 0 Å². The van der Waals surface area contributed by atoms with Crippen molar-refractivity contribution >= 4 is 41.8 Å². The molecule has 0 bridgehead atoms. The third kappa shape index (κ3) is 7.29. The van der Waals surface area contributed by atoms with Gasteiger partial charge >= 0.3 is 0 Å². The van der Waals surface area contributed by atoms with Crippen LogP contribution in [0.5, 0.6) is 5.75 Å². The zero-order valence-electron chi connectivity index (χ0n) is 16.9. The molecule has 0 atom stereocenters. The Labute approximate surface area is 184 Å². The monoisotopic (exact) mass is 502 g/mol. The Balaban J connectivity index is 0.00000392. The molecule has 2 amide bonds. The van der Waals surface area contributed by atoms with Crippen molar-refractivity contribution in [1.82, 2.24) is 15.5 Å². The van der Waals surface area contributed by atoms with E-state index in [2.05, 4.69) is 28.6 Å². The minimum atomic E-state index is -0.0895. The smallest absolute Gasteiger partial charge is 0.229 e. The van der Waals surface area contributed by atoms with Crippen molar-refractivity contribution in [3.63, 3.8) is 0 Å². The predicted molar refractivity (Wildman–Crippen MR) is 121 cm³/mol. The summed E-state index contributed by atoms with van der Waals surface area (Å²) in [5.74, 6) is 1.32. The number of imide groups is 1. The molecule has 1 aliphatic heterocycles. The van der Waals surface area contributed by atoms with E-state index in [0.717, 1.165) is 23.3 Å². The van der Waals surface area contributed by atoms with Gasteiger partial charge in [0.25, 0.3) is 0 Å². The number of hydrogen-bond donors (Lipinski definition) is 2. The molecule has 156 valence electrons. The normalized spacial score (nSPS) is 14.5. The standard InChI is InChI=1S/C20H30N4O3.HI/c1-4-12-27-17-13-15(2)8-9-16(17)14-23-20(21-3)22-10-11-24-18(25)6-5-7-19(24)26;/h8-9,13H,4-7,10-12,14H2,1-3H3,(H2,21,22,23);1H. The van der Waals surface area contributed by atoms with E-state index in [1.54, 1.807) is 7.05 Å². The highest BCUT2D eigenvalue weighted by Gasteiger charge is 2.25. The van der Waals surface area contributed by atoms with Gasteiger partial charge in [-0.2, -0.15) is 0 Å². The summed E-state index contributed by atoms with van der Waals surface area (Å²) >= 11 is 0. The number of guanidine groups is 1. The Morgan fingerprint density at radius 2 is 1.93 bits per heavy atom. The fourth-order valence-corrected chi connectivity index (χ4v) is 2.89. The van der Waals surface area contributed by atoms with Crippen LogP contribution in [0.15, 0.2) is 23.2 Å². The topological polar surface area (TPSA) is 83.0 Å². The molecular weight excluding hydrogens is 471 g/mol. The van der Waals surface area contributed by atoms with Gasteiger partial charge in [0, 0.05) is 45.1 Å². The number of nitrogens with zero attached hydrogens (tertiary/aromatic N) is 2. The first kappa shape index (κ1) is 24.2. The number of amides is 2. The molecule has 8 heteroatoms. The molecule has 1 saturated heterocycles. The second kappa shape index (κ2) is 12.6. The van der Waals surface area contributed by atoms with Crippen molar-refractivity contribution in [1.29, 1.82) is 0 Å². The first-order valence-electron chi connectivity index (χ1n) is 9.55. The summed E-state index contributed by atoms with van der Waals surface area (Å²) in [6.07, 6.45) is 2.52. The Bertz CT molecular complexity index is 678. The minimum Gasteiger partial charge on any atom is -0.493 e. The van der Waals surface area contributed by atoms with Gasteiger partial charge in [0.2, 0.25) is 11.8 Å². The lowest BCUT2D eigenvalue weighted by Gasteiger charge is -2.25. The number of piperidine rings is 1. The Morgan fingerprint density at radius 1 is 1.21 bits per heavy atom. The molecule has 2 N–H and O–H groups in total. The van der Waals surface area contributed by atoms with Crippen LogP contribution < -0.4 is 15.4 Å². The molecule has 28 heavy (non-hydrogen) atoms. The number of aryl methyl sites for hydroxylation is 1. The van der Waals surface area contributed by atoms with E-state index in [0.29, 0.717) is 51.5 Å². The number of carbonyl (C=O) groups excluding carboxylic acids is 2. The largest absolute Gasteiger partial charge is 0.493 e. The average Bonchev–Trinajstić information content (AvgIpc) is 2.66. The lowest BCUT2D eigenvalue weighted by molar-refractivity contribution is -0.147. The minimum absolute atomic E-state index is 0. The Hall–Kier alpha value is -1.84. The number of ether oxygens (including phenoxy) is 1. The van der Waals surface area contributed by atoms with E-state index < -0.39 is 0 Å². The number of likely N-dealkylation sites (tertiary alicyclic amines) is 1. The molecular formula is C20H31IN4O3. The summed E-state index contributed by atoms with van der Waals surface area (Å²) < 4.78 is 5.84. The molecule has 0 aromatic heterocycles. The maximum Gasteiger partial charge on any atom is 0.229 e. The van der Waals surface area contributed by atoms with Crippen molar-refractivity contribution in [3.8, 4) is 5.75 Å². The molecule has 0 saturated carbocycles. The van der Waals surface area contributed by atoms with Crippen LogP contribution in [0.25, 0.3) is 0 Å². The first-order valence-corrected chi connectivity index (χ1v) is 9.55. The van der Waals surface area contributed by atoms with E-state index in [4.69, 9.17) is 4.74 Å². The fraction of sp³-hybridized carbons (Fsp3) is 0.550. The number of aliphatic imine (C=N–C) groups is 1. The predicted octanol–water partition coefficient (Wildman–Crippen LogP) is 2.61. The number of nitrogens with one attached hydrogen (secondary N) is 2. The van der Waals surface area contributed by atoms with Crippen molar-refractivity contribution in [3.05, 3.63) is 29.3 Å². The summed E-state index contributed by atoms with van der Waals surface area (Å²) in [6, 6.07) is 6.14. The van der Waals surface area contributed by atoms with Crippen LogP contribution >= 0.6 is 24.0 Å². The maximum atomic E-state index is 11.8. The molecule has 1 aliphatic rings. The van der Waals surface area contributed by atoms with E-state index in [-0.39, 0.29) is 35.8 Å². The van der Waals surface area contributed by atoms with E-state index in [1.807, 2.05) is 19.1 Å². The summed E-state index contributed by atoms with van der Waals surface area (Å²) in [5, 5.41) is 6.41.